The van der Waals surface area contributed by atoms with Gasteiger partial charge in [0.2, 0.25) is 5.91 Å². The highest BCUT2D eigenvalue weighted by Crippen LogP contribution is 2.19. The number of nitrogens with two attached hydrogens (primary N) is 1. The summed E-state index contributed by atoms with van der Waals surface area (Å²) in [6.45, 7) is 1.90. The number of aryl methyl sites for hydroxylation is 2. The van der Waals surface area contributed by atoms with Crippen molar-refractivity contribution in [3.8, 4) is 0 Å². The summed E-state index contributed by atoms with van der Waals surface area (Å²) in [5, 5.41) is 0.799. The van der Waals surface area contributed by atoms with E-state index in [1.165, 1.54) is 12.1 Å². The molecule has 0 unspecified atom stereocenters. The number of carbonyl (C=O) groups is 1. The standard InChI is InChI=1S/C13H13FN2O/c1-8-6-10(3-5-13(15)17)16-12-4-2-9(14)7-11(8)12/h2,4,6-7H,3,5H2,1H3,(H2,15,17). The molecule has 2 N–H and O–H groups in total. The Bertz CT molecular complexity index is 581. The first kappa shape index (κ1) is 11.5. The number of nitrogens with zero attached hydrogens (tertiary/aromatic N) is 1. The van der Waals surface area contributed by atoms with Gasteiger partial charge < -0.3 is 5.73 Å². The Morgan fingerprint density at radius 1 is 1.41 bits per heavy atom. The van der Waals surface area contributed by atoms with Crippen LogP contribution in [-0.4, -0.2) is 10.9 Å². The third-order valence-corrected chi connectivity index (χ3v) is 2.66. The van der Waals surface area contributed by atoms with Crippen LogP contribution in [-0.2, 0) is 11.2 Å². The Kier molecular flexibility index (Phi) is 3.04. The molecule has 17 heavy (non-hydrogen) atoms. The first-order chi connectivity index (χ1) is 8.06. The molecule has 0 saturated heterocycles. The van der Waals surface area contributed by atoms with Crippen LogP contribution in [0.25, 0.3) is 10.9 Å². The normalized spacial score (nSPS) is 10.7. The Labute approximate surface area is 98.5 Å². The minimum Gasteiger partial charge on any atom is -0.370 e. The molecule has 4 heteroatoms. The number of aromatic nitrogens is 1. The second-order valence-corrected chi connectivity index (χ2v) is 4.06. The lowest BCUT2D eigenvalue weighted by molar-refractivity contribution is -0.118. The molecule has 0 aliphatic carbocycles. The molecule has 1 aromatic carbocycles. The summed E-state index contributed by atoms with van der Waals surface area (Å²) in [5.41, 5.74) is 7.59. The van der Waals surface area contributed by atoms with E-state index >= 15 is 0 Å². The van der Waals surface area contributed by atoms with Crippen LogP contribution in [0.1, 0.15) is 17.7 Å². The van der Waals surface area contributed by atoms with Crippen molar-refractivity contribution in [3.05, 3.63) is 41.3 Å². The number of hydrogen-bond acceptors (Lipinski definition) is 2. The molecule has 0 fully saturated rings. The molecule has 0 saturated carbocycles. The average molecular weight is 232 g/mol. The van der Waals surface area contributed by atoms with E-state index < -0.39 is 0 Å². The predicted octanol–water partition coefficient (Wildman–Crippen LogP) is 2.10. The van der Waals surface area contributed by atoms with Gasteiger partial charge in [-0.1, -0.05) is 0 Å². The minimum absolute atomic E-state index is 0.271. The molecule has 0 bridgehead atoms. The Morgan fingerprint density at radius 2 is 2.18 bits per heavy atom. The number of hydrogen-bond donors (Lipinski definition) is 1. The van der Waals surface area contributed by atoms with Crippen LogP contribution in [0.4, 0.5) is 4.39 Å². The summed E-state index contributed by atoms with van der Waals surface area (Å²) in [5.74, 6) is -0.615. The third kappa shape index (κ3) is 2.58. The van der Waals surface area contributed by atoms with E-state index in [1.54, 1.807) is 6.07 Å². The molecule has 88 valence electrons. The zero-order valence-corrected chi connectivity index (χ0v) is 9.53. The van der Waals surface area contributed by atoms with E-state index in [0.717, 1.165) is 22.2 Å². The fourth-order valence-electron chi connectivity index (χ4n) is 1.82. The topological polar surface area (TPSA) is 56.0 Å². The number of primary amides is 1. The monoisotopic (exact) mass is 232 g/mol. The summed E-state index contributed by atoms with van der Waals surface area (Å²) in [4.78, 5) is 15.1. The molecule has 0 radical (unpaired) electrons. The van der Waals surface area contributed by atoms with Gasteiger partial charge in [-0.25, -0.2) is 4.39 Å². The second-order valence-electron chi connectivity index (χ2n) is 4.06. The van der Waals surface area contributed by atoms with Crippen LogP contribution < -0.4 is 5.73 Å². The van der Waals surface area contributed by atoms with Gasteiger partial charge in [-0.3, -0.25) is 9.78 Å². The molecule has 1 heterocycles. The first-order valence-corrected chi connectivity index (χ1v) is 5.40. The van der Waals surface area contributed by atoms with E-state index in [0.29, 0.717) is 6.42 Å². The molecular formula is C13H13FN2O. The zero-order chi connectivity index (χ0) is 12.4. The number of benzene rings is 1. The largest absolute Gasteiger partial charge is 0.370 e. The van der Waals surface area contributed by atoms with Crippen molar-refractivity contribution < 1.29 is 9.18 Å². The van der Waals surface area contributed by atoms with Crippen molar-refractivity contribution in [1.29, 1.82) is 0 Å². The van der Waals surface area contributed by atoms with Crippen molar-refractivity contribution >= 4 is 16.8 Å². The van der Waals surface area contributed by atoms with Gasteiger partial charge in [0.15, 0.2) is 0 Å². The highest BCUT2D eigenvalue weighted by molar-refractivity contribution is 5.82. The van der Waals surface area contributed by atoms with Crippen LogP contribution in [0.5, 0.6) is 0 Å². The summed E-state index contributed by atoms with van der Waals surface area (Å²) in [7, 11) is 0. The van der Waals surface area contributed by atoms with Gasteiger partial charge in [-0.05, 0) is 43.2 Å². The first-order valence-electron chi connectivity index (χ1n) is 5.40. The number of carbonyl (C=O) groups excluding carboxylic acids is 1. The third-order valence-electron chi connectivity index (χ3n) is 2.66. The van der Waals surface area contributed by atoms with Crippen molar-refractivity contribution in [2.24, 2.45) is 5.73 Å². The quantitative estimate of drug-likeness (QED) is 0.881. The fraction of sp³-hybridized carbons (Fsp3) is 0.231. The van der Waals surface area contributed by atoms with Crippen molar-refractivity contribution in [3.63, 3.8) is 0 Å². The maximum absolute atomic E-state index is 13.1. The average Bonchev–Trinajstić information content (AvgIpc) is 2.27. The molecule has 0 spiro atoms. The number of rotatable bonds is 3. The van der Waals surface area contributed by atoms with Gasteiger partial charge in [0.05, 0.1) is 5.52 Å². The van der Waals surface area contributed by atoms with Gasteiger partial charge in [-0.15, -0.1) is 0 Å². The zero-order valence-electron chi connectivity index (χ0n) is 9.53. The predicted molar refractivity (Wildman–Crippen MR) is 64.0 cm³/mol. The van der Waals surface area contributed by atoms with Crippen LogP contribution in [0.15, 0.2) is 24.3 Å². The lowest BCUT2D eigenvalue weighted by atomic mass is 10.1. The van der Waals surface area contributed by atoms with Gasteiger partial charge >= 0.3 is 0 Å². The van der Waals surface area contributed by atoms with Crippen LogP contribution in [0.2, 0.25) is 0 Å². The Morgan fingerprint density at radius 3 is 2.88 bits per heavy atom. The maximum Gasteiger partial charge on any atom is 0.217 e. The molecule has 1 aromatic heterocycles. The molecule has 2 rings (SSSR count). The Hall–Kier alpha value is -1.97. The number of amides is 1. The van der Waals surface area contributed by atoms with Crippen LogP contribution in [0, 0.1) is 12.7 Å². The van der Waals surface area contributed by atoms with E-state index in [-0.39, 0.29) is 18.1 Å². The lowest BCUT2D eigenvalue weighted by Crippen LogP contribution is -2.11. The minimum atomic E-state index is -0.344. The Balaban J connectivity index is 2.41. The van der Waals surface area contributed by atoms with Gasteiger partial charge in [-0.2, -0.15) is 0 Å². The summed E-state index contributed by atoms with van der Waals surface area (Å²) in [6.07, 6.45) is 0.794. The highest BCUT2D eigenvalue weighted by atomic mass is 19.1. The number of pyridine rings is 1. The summed E-state index contributed by atoms with van der Waals surface area (Å²) in [6, 6.07) is 6.36. The molecule has 0 aliphatic heterocycles. The van der Waals surface area contributed by atoms with Crippen molar-refractivity contribution in [2.75, 3.05) is 0 Å². The molecule has 0 aliphatic rings. The number of halogens is 1. The van der Waals surface area contributed by atoms with Crippen molar-refractivity contribution in [1.82, 2.24) is 4.98 Å². The highest BCUT2D eigenvalue weighted by Gasteiger charge is 2.05. The van der Waals surface area contributed by atoms with Gasteiger partial charge in [0.1, 0.15) is 5.82 Å². The summed E-state index contributed by atoms with van der Waals surface area (Å²) >= 11 is 0. The number of fused-ring (bicyclic) bond motifs is 1. The summed E-state index contributed by atoms with van der Waals surface area (Å²) < 4.78 is 13.1. The SMILES string of the molecule is Cc1cc(CCC(N)=O)nc2ccc(F)cc12. The molecule has 0 atom stereocenters. The van der Waals surface area contributed by atoms with E-state index in [1.807, 2.05) is 13.0 Å². The maximum atomic E-state index is 13.1. The van der Waals surface area contributed by atoms with Crippen LogP contribution in [0.3, 0.4) is 0 Å². The van der Waals surface area contributed by atoms with Gasteiger partial charge in [0.25, 0.3) is 0 Å². The van der Waals surface area contributed by atoms with Crippen molar-refractivity contribution in [2.45, 2.75) is 19.8 Å². The molecule has 2 aromatic rings. The fourth-order valence-corrected chi connectivity index (χ4v) is 1.82. The lowest BCUT2D eigenvalue weighted by Gasteiger charge is -2.05. The molecular weight excluding hydrogens is 219 g/mol. The van der Waals surface area contributed by atoms with E-state index in [4.69, 9.17) is 5.73 Å². The molecule has 1 amide bonds. The second kappa shape index (κ2) is 4.49. The van der Waals surface area contributed by atoms with Gasteiger partial charge in [0, 0.05) is 17.5 Å². The van der Waals surface area contributed by atoms with Crippen LogP contribution >= 0.6 is 0 Å². The van der Waals surface area contributed by atoms with E-state index in [9.17, 15) is 9.18 Å². The van der Waals surface area contributed by atoms with E-state index in [2.05, 4.69) is 4.98 Å². The smallest absolute Gasteiger partial charge is 0.217 e. The molecule has 3 nitrogen and oxygen atoms in total.